The maximum atomic E-state index is 4.91. The van der Waals surface area contributed by atoms with E-state index < -0.39 is 0 Å². The van der Waals surface area contributed by atoms with Crippen LogP contribution in [0.4, 0.5) is 5.69 Å². The molecule has 0 spiro atoms. The summed E-state index contributed by atoms with van der Waals surface area (Å²) in [6, 6.07) is 9.56. The van der Waals surface area contributed by atoms with Crippen molar-refractivity contribution in [1.82, 2.24) is 11.0 Å². The molecule has 0 saturated heterocycles. The van der Waals surface area contributed by atoms with Crippen LogP contribution in [0.25, 0.3) is 0 Å². The summed E-state index contributed by atoms with van der Waals surface area (Å²) in [5.41, 5.74) is 5.84. The first-order valence-corrected chi connectivity index (χ1v) is 4.29. The molecule has 0 aromatic heterocycles. The van der Waals surface area contributed by atoms with E-state index in [-0.39, 0.29) is 0 Å². The number of hydrogen-bond acceptors (Lipinski definition) is 3. The van der Waals surface area contributed by atoms with E-state index in [1.54, 1.807) is 0 Å². The monoisotopic (exact) mass is 212 g/mol. The van der Waals surface area contributed by atoms with Crippen molar-refractivity contribution in [3.63, 3.8) is 0 Å². The molecule has 0 aliphatic heterocycles. The Labute approximate surface area is 86.8 Å². The molecule has 0 amide bonds. The predicted molar refractivity (Wildman–Crippen MR) is 58.7 cm³/mol. The van der Waals surface area contributed by atoms with Crippen LogP contribution in [0, 0.1) is 0 Å². The van der Waals surface area contributed by atoms with Gasteiger partial charge in [0.05, 0.1) is 12.4 Å². The molecule has 13 heavy (non-hydrogen) atoms. The average Bonchev–Trinajstić information content (AvgIpc) is 2.16. The predicted octanol–water partition coefficient (Wildman–Crippen LogP) is 1.12. The van der Waals surface area contributed by atoms with Crippen LogP contribution in [-0.2, 0) is 12.4 Å². The highest BCUT2D eigenvalue weighted by Gasteiger charge is 1.93. The summed E-state index contributed by atoms with van der Waals surface area (Å²) in [6.07, 6.45) is 0. The van der Waals surface area contributed by atoms with Crippen LogP contribution in [0.2, 0.25) is 0 Å². The molecule has 0 aliphatic carbocycles. The Hall–Kier alpha value is -1.27. The van der Waals surface area contributed by atoms with Gasteiger partial charge in [-0.3, -0.25) is 5.43 Å². The second-order valence-corrected chi connectivity index (χ2v) is 2.74. The van der Waals surface area contributed by atoms with Gasteiger partial charge in [-0.05, 0) is 24.4 Å². The molecule has 0 atom stereocenters. The van der Waals surface area contributed by atoms with Crippen molar-refractivity contribution in [2.45, 2.75) is 0 Å². The SMILES string of the molecule is S=NNNC(=S)Nc1ccccc1. The third-order valence-corrected chi connectivity index (χ3v) is 1.54. The Morgan fingerprint density at radius 3 is 2.54 bits per heavy atom. The Balaban J connectivity index is 2.41. The van der Waals surface area contributed by atoms with E-state index in [2.05, 4.69) is 33.2 Å². The number of nitrogens with zero attached hydrogens (tertiary/aromatic N) is 1. The van der Waals surface area contributed by atoms with Gasteiger partial charge in [0, 0.05) is 5.69 Å². The highest BCUT2D eigenvalue weighted by atomic mass is 32.1. The summed E-state index contributed by atoms with van der Waals surface area (Å²) < 4.78 is 3.21. The lowest BCUT2D eigenvalue weighted by atomic mass is 10.3. The normalized spacial score (nSPS) is 8.62. The molecule has 0 saturated carbocycles. The number of thiocarbonyl (C=S) groups is 1. The first kappa shape index (κ1) is 9.82. The van der Waals surface area contributed by atoms with Gasteiger partial charge in [-0.2, -0.15) is 0 Å². The maximum absolute atomic E-state index is 4.91. The van der Waals surface area contributed by atoms with E-state index in [4.69, 9.17) is 12.2 Å². The summed E-state index contributed by atoms with van der Waals surface area (Å²) >= 11 is 9.21. The average molecular weight is 212 g/mol. The summed E-state index contributed by atoms with van der Waals surface area (Å²) in [5.74, 6) is 0. The number of rotatable bonds is 3. The smallest absolute Gasteiger partial charge is 0.190 e. The molecule has 0 aliphatic rings. The van der Waals surface area contributed by atoms with Crippen molar-refractivity contribution in [3.05, 3.63) is 30.3 Å². The summed E-state index contributed by atoms with van der Waals surface area (Å²) in [4.78, 5) is 0. The molecule has 0 bridgehead atoms. The van der Waals surface area contributed by atoms with Gasteiger partial charge in [-0.1, -0.05) is 22.7 Å². The molecule has 0 unspecified atom stereocenters. The quantitative estimate of drug-likeness (QED) is 0.518. The molecule has 6 heteroatoms. The van der Waals surface area contributed by atoms with Gasteiger partial charge in [0.1, 0.15) is 0 Å². The van der Waals surface area contributed by atoms with Gasteiger partial charge in [0.25, 0.3) is 0 Å². The number of para-hydroxylation sites is 1. The van der Waals surface area contributed by atoms with Crippen LogP contribution in [0.5, 0.6) is 0 Å². The van der Waals surface area contributed by atoms with E-state index in [1.165, 1.54) is 0 Å². The minimum Gasteiger partial charge on any atom is -0.331 e. The van der Waals surface area contributed by atoms with Crippen LogP contribution < -0.4 is 16.3 Å². The standard InChI is InChI=1S/C7H8N4S2/c12-7(9-10-11-13)8-6-4-2-1-3-5-6/h1-5H,(H,10,13)(H2,8,9,11,12). The fraction of sp³-hybridized carbons (Fsp3) is 0. The lowest BCUT2D eigenvalue weighted by Gasteiger charge is -2.07. The zero-order valence-electron chi connectivity index (χ0n) is 6.65. The Morgan fingerprint density at radius 1 is 1.23 bits per heavy atom. The van der Waals surface area contributed by atoms with Crippen LogP contribution in [0.1, 0.15) is 0 Å². The molecule has 0 heterocycles. The van der Waals surface area contributed by atoms with E-state index in [9.17, 15) is 0 Å². The van der Waals surface area contributed by atoms with E-state index in [0.717, 1.165) is 5.69 Å². The van der Waals surface area contributed by atoms with Gasteiger partial charge in [0.15, 0.2) is 5.11 Å². The molecule has 1 rings (SSSR count). The summed E-state index contributed by atoms with van der Waals surface area (Å²) in [6.45, 7) is 0. The van der Waals surface area contributed by atoms with Gasteiger partial charge in [-0.25, -0.2) is 5.53 Å². The fourth-order valence-corrected chi connectivity index (χ4v) is 0.967. The molecule has 68 valence electrons. The van der Waals surface area contributed by atoms with Crippen molar-refractivity contribution in [1.29, 1.82) is 0 Å². The fourth-order valence-electron chi connectivity index (χ4n) is 0.757. The summed E-state index contributed by atoms with van der Waals surface area (Å²) in [7, 11) is 0. The highest BCUT2D eigenvalue weighted by molar-refractivity contribution is 7.80. The van der Waals surface area contributed by atoms with Gasteiger partial charge in [0.2, 0.25) is 0 Å². The minimum atomic E-state index is 0.416. The molecule has 0 radical (unpaired) electrons. The minimum absolute atomic E-state index is 0.416. The van der Waals surface area contributed by atoms with Crippen LogP contribution in [0.3, 0.4) is 0 Å². The number of benzene rings is 1. The van der Waals surface area contributed by atoms with Crippen molar-refractivity contribution >= 4 is 35.4 Å². The van der Waals surface area contributed by atoms with E-state index in [0.29, 0.717) is 5.11 Å². The Kier molecular flexibility index (Phi) is 4.07. The number of anilines is 1. The molecule has 1 aromatic rings. The first-order valence-electron chi connectivity index (χ1n) is 3.52. The second kappa shape index (κ2) is 5.39. The van der Waals surface area contributed by atoms with Crippen molar-refractivity contribution in [2.75, 3.05) is 5.32 Å². The number of hydrogen-bond donors (Lipinski definition) is 3. The highest BCUT2D eigenvalue weighted by Crippen LogP contribution is 2.03. The zero-order valence-corrected chi connectivity index (χ0v) is 8.28. The largest absolute Gasteiger partial charge is 0.331 e. The van der Waals surface area contributed by atoms with Crippen LogP contribution in [0.15, 0.2) is 34.8 Å². The second-order valence-electron chi connectivity index (χ2n) is 2.15. The molecule has 0 fully saturated rings. The third-order valence-electron chi connectivity index (χ3n) is 1.25. The van der Waals surface area contributed by atoms with Crippen molar-refractivity contribution in [2.24, 2.45) is 4.47 Å². The number of hydrazine groups is 1. The van der Waals surface area contributed by atoms with Crippen LogP contribution in [-0.4, -0.2) is 5.11 Å². The van der Waals surface area contributed by atoms with Gasteiger partial charge >= 0.3 is 0 Å². The number of nitrogens with one attached hydrogen (secondary N) is 3. The maximum Gasteiger partial charge on any atom is 0.190 e. The van der Waals surface area contributed by atoms with E-state index in [1.807, 2.05) is 30.3 Å². The van der Waals surface area contributed by atoms with Crippen LogP contribution >= 0.6 is 12.2 Å². The molecular formula is C7H8N4S2. The van der Waals surface area contributed by atoms with Gasteiger partial charge < -0.3 is 5.32 Å². The lowest BCUT2D eigenvalue weighted by molar-refractivity contribution is 0.718. The topological polar surface area (TPSA) is 48.5 Å². The molecule has 4 nitrogen and oxygen atoms in total. The van der Waals surface area contributed by atoms with Crippen molar-refractivity contribution in [3.8, 4) is 0 Å². The van der Waals surface area contributed by atoms with Gasteiger partial charge in [-0.15, -0.1) is 0 Å². The Morgan fingerprint density at radius 2 is 1.92 bits per heavy atom. The van der Waals surface area contributed by atoms with E-state index >= 15 is 0 Å². The Bertz CT molecular complexity index is 288. The zero-order chi connectivity index (χ0) is 9.52. The molecular weight excluding hydrogens is 204 g/mol. The lowest BCUT2D eigenvalue weighted by Crippen LogP contribution is -2.36. The summed E-state index contributed by atoms with van der Waals surface area (Å²) in [5, 5.41) is 3.34. The molecule has 1 aromatic carbocycles. The van der Waals surface area contributed by atoms with Crippen molar-refractivity contribution < 1.29 is 0 Å². The third kappa shape index (κ3) is 3.77. The first-order chi connectivity index (χ1) is 6.33. The molecule has 3 N–H and O–H groups in total.